The van der Waals surface area contributed by atoms with Crippen LogP contribution in [0.25, 0.3) is 0 Å². The smallest absolute Gasteiger partial charge is 0.0663 e. The summed E-state index contributed by atoms with van der Waals surface area (Å²) in [4.78, 5) is 2.36. The lowest BCUT2D eigenvalue weighted by molar-refractivity contribution is 0.182. The molecule has 1 N–H and O–H groups in total. The fourth-order valence-corrected chi connectivity index (χ4v) is 2.81. The Labute approximate surface area is 138 Å². The molecule has 21 heavy (non-hydrogen) atoms. The summed E-state index contributed by atoms with van der Waals surface area (Å²) in [6, 6.07) is 6.96. The predicted octanol–water partition coefficient (Wildman–Crippen LogP) is 4.20. The first kappa shape index (κ1) is 18.5. The fourth-order valence-electron chi connectivity index (χ4n) is 2.30. The van der Waals surface area contributed by atoms with Gasteiger partial charge >= 0.3 is 0 Å². The van der Waals surface area contributed by atoms with Gasteiger partial charge in [-0.15, -0.1) is 0 Å². The van der Waals surface area contributed by atoms with Crippen LogP contribution in [0.5, 0.6) is 0 Å². The number of nitrogens with one attached hydrogen (secondary N) is 1. The Morgan fingerprint density at radius 1 is 1.33 bits per heavy atom. The third-order valence-electron chi connectivity index (χ3n) is 3.46. The molecule has 1 atom stereocenters. The lowest BCUT2D eigenvalue weighted by Gasteiger charge is -2.30. The predicted molar refractivity (Wildman–Crippen MR) is 95.1 cm³/mol. The lowest BCUT2D eigenvalue weighted by Crippen LogP contribution is -2.36. The lowest BCUT2D eigenvalue weighted by atomic mass is 10.1. The number of ether oxygens (including phenoxy) is 1. The summed E-state index contributed by atoms with van der Waals surface area (Å²) < 4.78 is 6.43. The van der Waals surface area contributed by atoms with Crippen molar-refractivity contribution in [1.82, 2.24) is 5.32 Å². The first-order chi connectivity index (χ1) is 9.78. The van der Waals surface area contributed by atoms with Crippen molar-refractivity contribution in [3.8, 4) is 0 Å². The molecule has 4 heteroatoms. The van der Waals surface area contributed by atoms with Gasteiger partial charge in [0.05, 0.1) is 6.61 Å². The van der Waals surface area contributed by atoms with Gasteiger partial charge in [0.2, 0.25) is 0 Å². The number of rotatable bonds is 7. The molecule has 0 spiro atoms. The third kappa shape index (κ3) is 5.97. The van der Waals surface area contributed by atoms with Gasteiger partial charge in [-0.3, -0.25) is 0 Å². The van der Waals surface area contributed by atoms with Crippen LogP contribution >= 0.6 is 15.9 Å². The van der Waals surface area contributed by atoms with Crippen molar-refractivity contribution < 1.29 is 4.74 Å². The molecule has 0 radical (unpaired) electrons. The topological polar surface area (TPSA) is 24.5 Å². The summed E-state index contributed by atoms with van der Waals surface area (Å²) in [6.07, 6.45) is 0. The van der Waals surface area contributed by atoms with Crippen molar-refractivity contribution in [1.29, 1.82) is 0 Å². The molecule has 120 valence electrons. The van der Waals surface area contributed by atoms with E-state index in [4.69, 9.17) is 4.74 Å². The number of likely N-dealkylation sites (N-methyl/N-ethyl adjacent to an activating group) is 1. The molecule has 1 rings (SSSR count). The number of halogens is 1. The van der Waals surface area contributed by atoms with E-state index in [1.807, 2.05) is 0 Å². The Bertz CT molecular complexity index is 443. The first-order valence-corrected chi connectivity index (χ1v) is 8.36. The van der Waals surface area contributed by atoms with Gasteiger partial charge in [-0.2, -0.15) is 0 Å². The van der Waals surface area contributed by atoms with Gasteiger partial charge in [-0.05, 0) is 52.3 Å². The van der Waals surface area contributed by atoms with Crippen LogP contribution in [0.15, 0.2) is 22.7 Å². The van der Waals surface area contributed by atoms with Crippen molar-refractivity contribution in [2.45, 2.75) is 52.7 Å². The van der Waals surface area contributed by atoms with Gasteiger partial charge in [-0.25, -0.2) is 0 Å². The zero-order valence-corrected chi connectivity index (χ0v) is 15.8. The highest BCUT2D eigenvalue weighted by atomic mass is 79.9. The minimum absolute atomic E-state index is 0.126. The van der Waals surface area contributed by atoms with Gasteiger partial charge in [0.25, 0.3) is 0 Å². The maximum Gasteiger partial charge on any atom is 0.0663 e. The largest absolute Gasteiger partial charge is 0.383 e. The average molecular weight is 357 g/mol. The Kier molecular flexibility index (Phi) is 7.17. The normalized spacial score (nSPS) is 13.3. The van der Waals surface area contributed by atoms with Crippen molar-refractivity contribution in [2.24, 2.45) is 0 Å². The Balaban J connectivity index is 2.85. The molecule has 0 aromatic heterocycles. The van der Waals surface area contributed by atoms with Crippen LogP contribution in [0.2, 0.25) is 0 Å². The molecule has 1 unspecified atom stereocenters. The van der Waals surface area contributed by atoms with E-state index < -0.39 is 0 Å². The second-order valence-corrected chi connectivity index (χ2v) is 7.32. The van der Waals surface area contributed by atoms with Crippen LogP contribution in [-0.2, 0) is 11.3 Å². The molecule has 0 aliphatic carbocycles. The number of benzene rings is 1. The summed E-state index contributed by atoms with van der Waals surface area (Å²) in [6.45, 7) is 13.5. The van der Waals surface area contributed by atoms with E-state index in [0.717, 1.165) is 24.2 Å². The van der Waals surface area contributed by atoms with Crippen LogP contribution in [0.1, 0.15) is 40.2 Å². The molecular weight excluding hydrogens is 328 g/mol. The standard InChI is InChI=1S/C17H29BrN2O/c1-7-20(13(2)12-21-6)15-9-8-14(16(18)10-15)11-19-17(3,4)5/h8-10,13,19H,7,11-12H2,1-6H3. The monoisotopic (exact) mass is 356 g/mol. The fraction of sp³-hybridized carbons (Fsp3) is 0.647. The second-order valence-electron chi connectivity index (χ2n) is 6.47. The molecule has 1 aromatic rings. The number of methoxy groups -OCH3 is 1. The van der Waals surface area contributed by atoms with Crippen molar-refractivity contribution in [3.63, 3.8) is 0 Å². The van der Waals surface area contributed by atoms with Crippen LogP contribution in [0.4, 0.5) is 5.69 Å². The summed E-state index contributed by atoms with van der Waals surface area (Å²) in [5.74, 6) is 0. The summed E-state index contributed by atoms with van der Waals surface area (Å²) in [5, 5.41) is 3.52. The molecular formula is C17H29BrN2O. The molecule has 0 heterocycles. The van der Waals surface area contributed by atoms with Gasteiger partial charge < -0.3 is 15.0 Å². The molecule has 1 aromatic carbocycles. The Hall–Kier alpha value is -0.580. The van der Waals surface area contributed by atoms with Gasteiger partial charge in [0.1, 0.15) is 0 Å². The van der Waals surface area contributed by atoms with E-state index in [-0.39, 0.29) is 5.54 Å². The van der Waals surface area contributed by atoms with Crippen LogP contribution in [-0.4, -0.2) is 31.8 Å². The van der Waals surface area contributed by atoms with Crippen LogP contribution in [0.3, 0.4) is 0 Å². The minimum atomic E-state index is 0.126. The van der Waals surface area contributed by atoms with Crippen molar-refractivity contribution in [3.05, 3.63) is 28.2 Å². The zero-order valence-electron chi connectivity index (χ0n) is 14.2. The van der Waals surface area contributed by atoms with E-state index >= 15 is 0 Å². The van der Waals surface area contributed by atoms with Crippen LogP contribution in [0, 0.1) is 0 Å². The molecule has 0 aliphatic heterocycles. The molecule has 0 saturated carbocycles. The highest BCUT2D eigenvalue weighted by Crippen LogP contribution is 2.26. The van der Waals surface area contributed by atoms with Gasteiger partial charge in [-0.1, -0.05) is 22.0 Å². The SMILES string of the molecule is CCN(c1ccc(CNC(C)(C)C)c(Br)c1)C(C)COC. The number of anilines is 1. The molecule has 0 bridgehead atoms. The Morgan fingerprint density at radius 2 is 2.00 bits per heavy atom. The second kappa shape index (κ2) is 8.16. The number of nitrogens with zero attached hydrogens (tertiary/aromatic N) is 1. The van der Waals surface area contributed by atoms with E-state index in [1.54, 1.807) is 7.11 Å². The molecule has 0 amide bonds. The first-order valence-electron chi connectivity index (χ1n) is 7.57. The quantitative estimate of drug-likeness (QED) is 0.792. The van der Waals surface area contributed by atoms with Crippen molar-refractivity contribution in [2.75, 3.05) is 25.2 Å². The van der Waals surface area contributed by atoms with E-state index in [1.165, 1.54) is 11.3 Å². The highest BCUT2D eigenvalue weighted by Gasteiger charge is 2.15. The average Bonchev–Trinajstić information content (AvgIpc) is 2.38. The maximum atomic E-state index is 5.27. The minimum Gasteiger partial charge on any atom is -0.383 e. The third-order valence-corrected chi connectivity index (χ3v) is 4.20. The summed E-state index contributed by atoms with van der Waals surface area (Å²) in [7, 11) is 1.75. The van der Waals surface area contributed by atoms with E-state index in [9.17, 15) is 0 Å². The molecule has 0 aliphatic rings. The maximum absolute atomic E-state index is 5.27. The van der Waals surface area contributed by atoms with E-state index in [0.29, 0.717) is 6.04 Å². The molecule has 3 nitrogen and oxygen atoms in total. The highest BCUT2D eigenvalue weighted by molar-refractivity contribution is 9.10. The van der Waals surface area contributed by atoms with Crippen molar-refractivity contribution >= 4 is 21.6 Å². The van der Waals surface area contributed by atoms with Gasteiger partial charge in [0.15, 0.2) is 0 Å². The summed E-state index contributed by atoms with van der Waals surface area (Å²) >= 11 is 3.70. The number of hydrogen-bond acceptors (Lipinski definition) is 3. The molecule has 0 saturated heterocycles. The van der Waals surface area contributed by atoms with Crippen LogP contribution < -0.4 is 10.2 Å². The Morgan fingerprint density at radius 3 is 2.48 bits per heavy atom. The van der Waals surface area contributed by atoms with E-state index in [2.05, 4.69) is 79.0 Å². The zero-order chi connectivity index (χ0) is 16.0. The molecule has 0 fully saturated rings. The number of hydrogen-bond donors (Lipinski definition) is 1. The summed E-state index contributed by atoms with van der Waals surface area (Å²) in [5.41, 5.74) is 2.64. The van der Waals surface area contributed by atoms with Gasteiger partial charge in [0, 0.05) is 41.9 Å².